The Kier molecular flexibility index (Phi) is 8.29. The van der Waals surface area contributed by atoms with E-state index >= 15 is 0 Å². The number of halogens is 4. The maximum atomic E-state index is 11.1. The van der Waals surface area contributed by atoms with Gasteiger partial charge in [-0.3, -0.25) is 4.79 Å². The molecule has 22 heavy (non-hydrogen) atoms. The Morgan fingerprint density at radius 3 is 2.36 bits per heavy atom. The highest BCUT2D eigenvalue weighted by molar-refractivity contribution is 6.49. The molecule has 0 spiro atoms. The maximum Gasteiger partial charge on any atom is 0.307 e. The van der Waals surface area contributed by atoms with E-state index in [-0.39, 0.29) is 12.5 Å². The van der Waals surface area contributed by atoms with Crippen LogP contribution in [0.1, 0.15) is 31.7 Å². The number of carboxylic acid groups (broad SMARTS) is 1. The molecule has 1 aromatic carbocycles. The fourth-order valence-electron chi connectivity index (χ4n) is 2.37. The average molecular weight is 387 g/mol. The largest absolute Gasteiger partial charge is 0.481 e. The minimum Gasteiger partial charge on any atom is -0.481 e. The third kappa shape index (κ3) is 5.17. The lowest BCUT2D eigenvalue weighted by Crippen LogP contribution is -2.26. The van der Waals surface area contributed by atoms with Crippen LogP contribution in [-0.4, -0.2) is 17.6 Å². The lowest BCUT2D eigenvalue weighted by Gasteiger charge is -2.19. The summed E-state index contributed by atoms with van der Waals surface area (Å²) >= 11 is 24.3. The Morgan fingerprint density at radius 1 is 1.23 bits per heavy atom. The molecule has 0 aromatic heterocycles. The molecule has 0 heterocycles. The van der Waals surface area contributed by atoms with E-state index in [1.165, 1.54) is 0 Å². The monoisotopic (exact) mass is 385 g/mol. The van der Waals surface area contributed by atoms with Crippen LogP contribution in [0.4, 0.5) is 0 Å². The minimum absolute atomic E-state index is 0.139. The van der Waals surface area contributed by atoms with E-state index in [4.69, 9.17) is 57.2 Å². The molecular weight excluding hydrogens is 368 g/mol. The number of hydrogen-bond acceptors (Lipinski definition) is 2. The predicted molar refractivity (Wildman–Crippen MR) is 93.4 cm³/mol. The molecule has 0 saturated heterocycles. The minimum atomic E-state index is -0.855. The van der Waals surface area contributed by atoms with Gasteiger partial charge in [-0.2, -0.15) is 0 Å². The molecule has 0 radical (unpaired) electrons. The molecular formula is C15H19Cl4NO2. The van der Waals surface area contributed by atoms with Crippen molar-refractivity contribution < 1.29 is 9.90 Å². The lowest BCUT2D eigenvalue weighted by atomic mass is 9.88. The van der Waals surface area contributed by atoms with Gasteiger partial charge in [0, 0.05) is 11.6 Å². The summed E-state index contributed by atoms with van der Waals surface area (Å²) in [5.41, 5.74) is 6.26. The number of benzene rings is 1. The van der Waals surface area contributed by atoms with Gasteiger partial charge in [0.15, 0.2) is 0 Å². The van der Waals surface area contributed by atoms with Crippen LogP contribution >= 0.6 is 46.4 Å². The van der Waals surface area contributed by atoms with Gasteiger partial charge in [0.25, 0.3) is 0 Å². The van der Waals surface area contributed by atoms with Gasteiger partial charge in [-0.15, -0.1) is 0 Å². The van der Waals surface area contributed by atoms with E-state index in [0.717, 1.165) is 18.4 Å². The van der Waals surface area contributed by atoms with Crippen LogP contribution < -0.4 is 5.73 Å². The molecule has 1 rings (SSSR count). The molecule has 7 heteroatoms. The summed E-state index contributed by atoms with van der Waals surface area (Å²) in [6, 6.07) is 1.58. The molecule has 0 aliphatic rings. The summed E-state index contributed by atoms with van der Waals surface area (Å²) in [6.07, 6.45) is 2.78. The van der Waals surface area contributed by atoms with Crippen LogP contribution in [0.15, 0.2) is 6.07 Å². The average Bonchev–Trinajstić information content (AvgIpc) is 2.47. The van der Waals surface area contributed by atoms with E-state index in [2.05, 4.69) is 0 Å². The normalized spacial score (nSPS) is 13.9. The molecule has 3 nitrogen and oxygen atoms in total. The van der Waals surface area contributed by atoms with Gasteiger partial charge in [-0.25, -0.2) is 0 Å². The van der Waals surface area contributed by atoms with Crippen LogP contribution in [0.3, 0.4) is 0 Å². The van der Waals surface area contributed by atoms with Gasteiger partial charge in [0.05, 0.1) is 21.0 Å². The Hall–Kier alpha value is -0.190. The fraction of sp³-hybridized carbons (Fsp3) is 0.533. The van der Waals surface area contributed by atoms with Gasteiger partial charge < -0.3 is 10.8 Å². The quantitative estimate of drug-likeness (QED) is 0.470. The van der Waals surface area contributed by atoms with Gasteiger partial charge in [-0.05, 0) is 36.8 Å². The smallest absolute Gasteiger partial charge is 0.307 e. The molecule has 0 fully saturated rings. The zero-order chi connectivity index (χ0) is 16.9. The topological polar surface area (TPSA) is 63.3 Å². The number of carboxylic acids is 1. The van der Waals surface area contributed by atoms with Crippen molar-refractivity contribution in [3.05, 3.63) is 31.7 Å². The highest BCUT2D eigenvalue weighted by Gasteiger charge is 2.21. The van der Waals surface area contributed by atoms with Crippen molar-refractivity contribution in [1.29, 1.82) is 0 Å². The SMILES string of the molecule is CCC(CCc1c(Cl)cc(Cl)c(Cl)c1Cl)CC(CN)C(=O)O. The molecule has 0 amide bonds. The first-order valence-electron chi connectivity index (χ1n) is 7.06. The van der Waals surface area contributed by atoms with Crippen molar-refractivity contribution >= 4 is 52.4 Å². The molecule has 2 atom stereocenters. The second kappa shape index (κ2) is 9.19. The van der Waals surface area contributed by atoms with Crippen LogP contribution in [0, 0.1) is 11.8 Å². The Balaban J connectivity index is 2.79. The predicted octanol–water partition coefficient (Wildman–Crippen LogP) is 5.31. The summed E-state index contributed by atoms with van der Waals surface area (Å²) in [4.78, 5) is 11.1. The maximum absolute atomic E-state index is 11.1. The third-order valence-corrected chi connectivity index (χ3v) is 5.48. The zero-order valence-corrected chi connectivity index (χ0v) is 15.2. The van der Waals surface area contributed by atoms with E-state index < -0.39 is 11.9 Å². The van der Waals surface area contributed by atoms with Crippen LogP contribution in [-0.2, 0) is 11.2 Å². The molecule has 0 bridgehead atoms. The number of hydrogen-bond donors (Lipinski definition) is 2. The van der Waals surface area contributed by atoms with Crippen LogP contribution in [0.25, 0.3) is 0 Å². The van der Waals surface area contributed by atoms with Crippen molar-refractivity contribution in [2.24, 2.45) is 17.6 Å². The Labute approximate surface area is 150 Å². The Morgan fingerprint density at radius 2 is 1.86 bits per heavy atom. The van der Waals surface area contributed by atoms with Crippen molar-refractivity contribution in [1.82, 2.24) is 0 Å². The second-order valence-electron chi connectivity index (χ2n) is 5.27. The van der Waals surface area contributed by atoms with Crippen molar-refractivity contribution in [3.63, 3.8) is 0 Å². The lowest BCUT2D eigenvalue weighted by molar-refractivity contribution is -0.142. The number of nitrogens with two attached hydrogens (primary N) is 1. The van der Waals surface area contributed by atoms with Crippen molar-refractivity contribution in [2.45, 2.75) is 32.6 Å². The molecule has 1 aromatic rings. The molecule has 0 aliphatic carbocycles. The zero-order valence-electron chi connectivity index (χ0n) is 12.2. The van der Waals surface area contributed by atoms with E-state index in [1.54, 1.807) is 6.07 Å². The van der Waals surface area contributed by atoms with Crippen molar-refractivity contribution in [3.8, 4) is 0 Å². The Bertz CT molecular complexity index is 537. The standard InChI is InChI=1S/C15H19Cl4NO2/c1-2-8(5-9(7-20)15(21)22)3-4-10-11(16)6-12(17)14(19)13(10)18/h6,8-9H,2-5,7,20H2,1H3,(H,21,22). The summed E-state index contributed by atoms with van der Waals surface area (Å²) in [5.74, 6) is -1.15. The van der Waals surface area contributed by atoms with Gasteiger partial charge in [0.2, 0.25) is 0 Å². The molecule has 0 aliphatic heterocycles. The van der Waals surface area contributed by atoms with E-state index in [0.29, 0.717) is 32.9 Å². The number of aliphatic carboxylic acids is 1. The second-order valence-corrected chi connectivity index (χ2v) is 6.84. The van der Waals surface area contributed by atoms with Gasteiger partial charge >= 0.3 is 5.97 Å². The van der Waals surface area contributed by atoms with Gasteiger partial charge in [0.1, 0.15) is 0 Å². The third-order valence-electron chi connectivity index (χ3n) is 3.84. The highest BCUT2D eigenvalue weighted by Crippen LogP contribution is 2.38. The van der Waals surface area contributed by atoms with E-state index in [9.17, 15) is 4.79 Å². The molecule has 124 valence electrons. The first-order valence-corrected chi connectivity index (χ1v) is 8.57. The summed E-state index contributed by atoms with van der Waals surface area (Å²) in [7, 11) is 0. The van der Waals surface area contributed by atoms with Crippen molar-refractivity contribution in [2.75, 3.05) is 6.54 Å². The van der Waals surface area contributed by atoms with E-state index in [1.807, 2.05) is 6.92 Å². The number of carbonyl (C=O) groups is 1. The van der Waals surface area contributed by atoms with Crippen LogP contribution in [0.2, 0.25) is 20.1 Å². The fourth-order valence-corrected chi connectivity index (χ4v) is 3.49. The highest BCUT2D eigenvalue weighted by atomic mass is 35.5. The van der Waals surface area contributed by atoms with Crippen LogP contribution in [0.5, 0.6) is 0 Å². The summed E-state index contributed by atoms with van der Waals surface area (Å²) < 4.78 is 0. The summed E-state index contributed by atoms with van der Waals surface area (Å²) in [6.45, 7) is 2.16. The molecule has 0 saturated carbocycles. The number of rotatable bonds is 8. The molecule has 3 N–H and O–H groups in total. The first-order chi connectivity index (χ1) is 10.3. The van der Waals surface area contributed by atoms with Gasteiger partial charge in [-0.1, -0.05) is 59.7 Å². The summed E-state index contributed by atoms with van der Waals surface area (Å²) in [5, 5.41) is 10.6. The molecule has 2 unspecified atom stereocenters. The first kappa shape index (κ1) is 19.9.